The van der Waals surface area contributed by atoms with Crippen LogP contribution in [-0.2, 0) is 21.2 Å². The zero-order valence-corrected chi connectivity index (χ0v) is 21.2. The van der Waals surface area contributed by atoms with Crippen molar-refractivity contribution < 1.29 is 17.5 Å². The van der Waals surface area contributed by atoms with Crippen molar-refractivity contribution in [3.8, 4) is 0 Å². The second-order valence-corrected chi connectivity index (χ2v) is 9.33. The van der Waals surface area contributed by atoms with Crippen LogP contribution in [0.25, 0.3) is 0 Å². The largest absolute Gasteiger partial charge is 0.378 e. The van der Waals surface area contributed by atoms with Gasteiger partial charge < -0.3 is 15.0 Å². The predicted octanol–water partition coefficient (Wildman–Crippen LogP) is 2.32. The van der Waals surface area contributed by atoms with Gasteiger partial charge in [-0.2, -0.15) is 4.31 Å². The Morgan fingerprint density at radius 3 is 2.57 bits per heavy atom. The number of guanidine groups is 1. The van der Waals surface area contributed by atoms with E-state index < -0.39 is 10.0 Å². The lowest BCUT2D eigenvalue weighted by Crippen LogP contribution is -2.54. The van der Waals surface area contributed by atoms with Crippen LogP contribution < -0.4 is 5.32 Å². The number of hydrogen-bond acceptors (Lipinski definition) is 4. The van der Waals surface area contributed by atoms with Gasteiger partial charge in [0.1, 0.15) is 5.82 Å². The van der Waals surface area contributed by atoms with Gasteiger partial charge in [-0.05, 0) is 44.9 Å². The number of hydrogen-bond donors (Lipinski definition) is 1. The fourth-order valence-electron chi connectivity index (χ4n) is 3.11. The van der Waals surface area contributed by atoms with Crippen LogP contribution in [-0.4, -0.2) is 81.3 Å². The van der Waals surface area contributed by atoms with Crippen LogP contribution in [0.4, 0.5) is 4.39 Å². The fraction of sp³-hybridized carbons (Fsp3) is 0.650. The van der Waals surface area contributed by atoms with Crippen LogP contribution in [0.1, 0.15) is 26.3 Å². The van der Waals surface area contributed by atoms with Gasteiger partial charge in [0.25, 0.3) is 0 Å². The average molecular weight is 556 g/mol. The number of rotatable bonds is 9. The van der Waals surface area contributed by atoms with Gasteiger partial charge in [0, 0.05) is 39.3 Å². The van der Waals surface area contributed by atoms with E-state index in [2.05, 4.69) is 15.2 Å². The molecule has 1 aliphatic rings. The van der Waals surface area contributed by atoms with Gasteiger partial charge in [-0.1, -0.05) is 12.1 Å². The number of benzene rings is 1. The third-order valence-electron chi connectivity index (χ3n) is 4.61. The van der Waals surface area contributed by atoms with Crippen LogP contribution in [0.5, 0.6) is 0 Å². The molecule has 1 heterocycles. The summed E-state index contributed by atoms with van der Waals surface area (Å²) >= 11 is 0. The van der Waals surface area contributed by atoms with Gasteiger partial charge in [-0.3, -0.25) is 4.99 Å². The SMILES string of the molecule is CCNC(=NCCc1cccc(F)c1)N1CCN(S(=O)(=O)CCOC(C)C)CC1.I. The summed E-state index contributed by atoms with van der Waals surface area (Å²) < 4.78 is 45.2. The van der Waals surface area contributed by atoms with Crippen LogP contribution in [0.2, 0.25) is 0 Å². The molecule has 30 heavy (non-hydrogen) atoms. The van der Waals surface area contributed by atoms with E-state index in [0.717, 1.165) is 18.1 Å². The molecule has 10 heteroatoms. The highest BCUT2D eigenvalue weighted by atomic mass is 127. The molecule has 0 aromatic heterocycles. The van der Waals surface area contributed by atoms with E-state index in [0.29, 0.717) is 39.1 Å². The monoisotopic (exact) mass is 556 g/mol. The minimum Gasteiger partial charge on any atom is -0.378 e. The van der Waals surface area contributed by atoms with E-state index in [1.165, 1.54) is 16.4 Å². The summed E-state index contributed by atoms with van der Waals surface area (Å²) in [5.41, 5.74) is 0.907. The molecule has 0 spiro atoms. The van der Waals surface area contributed by atoms with Crippen molar-refractivity contribution in [2.45, 2.75) is 33.3 Å². The molecule has 0 bridgehead atoms. The maximum absolute atomic E-state index is 13.3. The van der Waals surface area contributed by atoms with Crippen molar-refractivity contribution in [3.63, 3.8) is 0 Å². The lowest BCUT2D eigenvalue weighted by Gasteiger charge is -2.36. The van der Waals surface area contributed by atoms with Gasteiger partial charge in [0.2, 0.25) is 10.0 Å². The Morgan fingerprint density at radius 2 is 1.97 bits per heavy atom. The number of sulfonamides is 1. The number of ether oxygens (including phenoxy) is 1. The first-order valence-electron chi connectivity index (χ1n) is 10.2. The van der Waals surface area contributed by atoms with Gasteiger partial charge in [0.15, 0.2) is 5.96 Å². The number of aliphatic imine (C=N–C) groups is 1. The second kappa shape index (κ2) is 13.4. The number of nitrogens with zero attached hydrogens (tertiary/aromatic N) is 3. The molecule has 172 valence electrons. The first-order chi connectivity index (χ1) is 13.8. The lowest BCUT2D eigenvalue weighted by molar-refractivity contribution is 0.0904. The van der Waals surface area contributed by atoms with Crippen LogP contribution in [0.3, 0.4) is 0 Å². The summed E-state index contributed by atoms with van der Waals surface area (Å²) in [5.74, 6) is 0.533. The van der Waals surface area contributed by atoms with E-state index in [1.807, 2.05) is 26.8 Å². The number of piperazine rings is 1. The van der Waals surface area contributed by atoms with Gasteiger partial charge in [0.05, 0.1) is 18.5 Å². The van der Waals surface area contributed by atoms with Crippen molar-refractivity contribution in [1.82, 2.24) is 14.5 Å². The molecule has 0 unspecified atom stereocenters. The molecule has 1 saturated heterocycles. The minimum absolute atomic E-state index is 0. The highest BCUT2D eigenvalue weighted by molar-refractivity contribution is 14.0. The molecule has 1 aromatic rings. The Bertz CT molecular complexity index is 769. The molecule has 0 radical (unpaired) electrons. The van der Waals surface area contributed by atoms with E-state index in [1.54, 1.807) is 6.07 Å². The van der Waals surface area contributed by atoms with Gasteiger partial charge >= 0.3 is 0 Å². The molecule has 1 aliphatic heterocycles. The predicted molar refractivity (Wildman–Crippen MR) is 130 cm³/mol. The Hall–Kier alpha value is -0.980. The summed E-state index contributed by atoms with van der Waals surface area (Å²) in [6.45, 7) is 9.27. The maximum atomic E-state index is 13.3. The summed E-state index contributed by atoms with van der Waals surface area (Å²) in [7, 11) is -3.31. The van der Waals surface area contributed by atoms with E-state index in [4.69, 9.17) is 4.74 Å². The molecule has 1 aromatic carbocycles. The van der Waals surface area contributed by atoms with Crippen molar-refractivity contribution in [1.29, 1.82) is 0 Å². The molecule has 0 atom stereocenters. The standard InChI is InChI=1S/C20H33FN4O3S.HI/c1-4-22-20(23-9-8-18-6-5-7-19(21)16-18)24-10-12-25(13-11-24)29(26,27)15-14-28-17(2)3;/h5-7,16-17H,4,8-15H2,1-3H3,(H,22,23);1H. The summed E-state index contributed by atoms with van der Waals surface area (Å²) in [6.07, 6.45) is 0.671. The van der Waals surface area contributed by atoms with Crippen LogP contribution in [0.15, 0.2) is 29.3 Å². The normalized spacial score (nSPS) is 15.9. The fourth-order valence-corrected chi connectivity index (χ4v) is 4.39. The zero-order valence-electron chi connectivity index (χ0n) is 18.0. The Balaban J connectivity index is 0.00000450. The molecule has 1 N–H and O–H groups in total. The molecular weight excluding hydrogens is 522 g/mol. The first-order valence-corrected chi connectivity index (χ1v) is 11.8. The smallest absolute Gasteiger partial charge is 0.216 e. The van der Waals surface area contributed by atoms with Crippen molar-refractivity contribution in [2.24, 2.45) is 4.99 Å². The molecule has 2 rings (SSSR count). The first kappa shape index (κ1) is 27.1. The Morgan fingerprint density at radius 1 is 1.27 bits per heavy atom. The summed E-state index contributed by atoms with van der Waals surface area (Å²) in [4.78, 5) is 6.71. The highest BCUT2D eigenvalue weighted by Crippen LogP contribution is 2.10. The van der Waals surface area contributed by atoms with E-state index in [9.17, 15) is 12.8 Å². The van der Waals surface area contributed by atoms with Crippen LogP contribution in [0, 0.1) is 5.82 Å². The molecule has 1 fully saturated rings. The third-order valence-corrected chi connectivity index (χ3v) is 6.44. The zero-order chi connectivity index (χ0) is 21.3. The number of nitrogens with one attached hydrogen (secondary N) is 1. The topological polar surface area (TPSA) is 74.2 Å². The van der Waals surface area contributed by atoms with Crippen molar-refractivity contribution >= 4 is 40.0 Å². The Kier molecular flexibility index (Phi) is 12.1. The van der Waals surface area contributed by atoms with Gasteiger partial charge in [-0.25, -0.2) is 12.8 Å². The van der Waals surface area contributed by atoms with Crippen molar-refractivity contribution in [2.75, 3.05) is 51.6 Å². The quantitative estimate of drug-likeness (QED) is 0.287. The van der Waals surface area contributed by atoms with Crippen LogP contribution >= 0.6 is 24.0 Å². The molecule has 0 amide bonds. The minimum atomic E-state index is -3.31. The van der Waals surface area contributed by atoms with Crippen molar-refractivity contribution in [3.05, 3.63) is 35.6 Å². The molecule has 7 nitrogen and oxygen atoms in total. The second-order valence-electron chi connectivity index (χ2n) is 7.24. The summed E-state index contributed by atoms with van der Waals surface area (Å²) in [5, 5.41) is 3.26. The number of halogens is 2. The third kappa shape index (κ3) is 9.03. The average Bonchev–Trinajstić information content (AvgIpc) is 2.67. The Labute approximate surface area is 197 Å². The maximum Gasteiger partial charge on any atom is 0.216 e. The molecule has 0 saturated carbocycles. The molecular formula is C20H34FIN4O3S. The van der Waals surface area contributed by atoms with Gasteiger partial charge in [-0.15, -0.1) is 24.0 Å². The lowest BCUT2D eigenvalue weighted by atomic mass is 10.1. The summed E-state index contributed by atoms with van der Waals surface area (Å²) in [6, 6.07) is 6.54. The van der Waals surface area contributed by atoms with E-state index in [-0.39, 0.29) is 48.3 Å². The molecule has 0 aliphatic carbocycles. The highest BCUT2D eigenvalue weighted by Gasteiger charge is 2.27. The van der Waals surface area contributed by atoms with E-state index >= 15 is 0 Å².